The molecule has 4 aromatic heterocycles. The van der Waals surface area contributed by atoms with Crippen LogP contribution in [-0.4, -0.2) is 87.4 Å². The highest BCUT2D eigenvalue weighted by atomic mass is 16.3. The fourth-order valence-corrected chi connectivity index (χ4v) is 8.46. The number of rotatable bonds is 7. The van der Waals surface area contributed by atoms with Crippen LogP contribution in [0.1, 0.15) is 79.7 Å². The van der Waals surface area contributed by atoms with Crippen LogP contribution < -0.4 is 20.4 Å². The molecule has 5 aromatic rings. The van der Waals surface area contributed by atoms with Crippen molar-refractivity contribution >= 4 is 63.0 Å². The Hall–Kier alpha value is -5.53. The second-order valence-corrected chi connectivity index (χ2v) is 15.1. The van der Waals surface area contributed by atoms with E-state index >= 15 is 0 Å². The lowest BCUT2D eigenvalue weighted by atomic mass is 9.71. The zero-order chi connectivity index (χ0) is 35.6. The van der Waals surface area contributed by atoms with Crippen molar-refractivity contribution in [3.05, 3.63) is 60.4 Å². The standard InChI is InChI=1S/C38H42N10O4/c1-45(2)36(51)29-17-23-19-40-37(44-33(23)48(29)24-5-3-4-6-24)42-31-11-8-26(20-39-31)46-15-13-38(14-16-46)21-47(22-38)25-7-10-28-30(18-25)52-35(41-28)27-9-12-32(49)43-34(27)50/h7-8,10-11,17-20,24,27H,3-6,9,12-16,21-22H2,1-2H3,(H,43,49,50)(H,39,40,42,44)/t27-/m1/s1. The molecule has 0 bridgehead atoms. The van der Waals surface area contributed by atoms with Gasteiger partial charge in [-0.25, -0.2) is 15.0 Å². The minimum absolute atomic E-state index is 0.0249. The molecular formula is C38H42N10O4. The number of amides is 3. The first kappa shape index (κ1) is 32.4. The molecule has 1 atom stereocenters. The molecule has 4 fully saturated rings. The smallest absolute Gasteiger partial charge is 0.270 e. The van der Waals surface area contributed by atoms with Crippen LogP contribution in [0.2, 0.25) is 0 Å². The van der Waals surface area contributed by atoms with E-state index in [2.05, 4.69) is 47.1 Å². The summed E-state index contributed by atoms with van der Waals surface area (Å²) in [4.78, 5) is 62.0. The lowest BCUT2D eigenvalue weighted by Crippen LogP contribution is -2.60. The van der Waals surface area contributed by atoms with Crippen molar-refractivity contribution in [1.29, 1.82) is 0 Å². The molecule has 7 heterocycles. The summed E-state index contributed by atoms with van der Waals surface area (Å²) >= 11 is 0. The topological polar surface area (TPSA) is 155 Å². The maximum absolute atomic E-state index is 13.1. The minimum atomic E-state index is -0.534. The summed E-state index contributed by atoms with van der Waals surface area (Å²) in [5.41, 5.74) is 5.29. The number of carbonyl (C=O) groups excluding carboxylic acids is 3. The second-order valence-electron chi connectivity index (χ2n) is 15.1. The van der Waals surface area contributed by atoms with Crippen LogP contribution in [-0.2, 0) is 9.59 Å². The number of nitrogens with zero attached hydrogens (tertiary/aromatic N) is 8. The molecule has 3 amide bonds. The van der Waals surface area contributed by atoms with Crippen LogP contribution in [0.5, 0.6) is 0 Å². The number of hydrogen-bond acceptors (Lipinski definition) is 11. The van der Waals surface area contributed by atoms with E-state index in [-0.39, 0.29) is 29.2 Å². The number of hydrogen-bond donors (Lipinski definition) is 2. The third-order valence-corrected chi connectivity index (χ3v) is 11.4. The quantitative estimate of drug-likeness (QED) is 0.216. The van der Waals surface area contributed by atoms with E-state index in [9.17, 15) is 14.4 Å². The molecule has 2 N–H and O–H groups in total. The van der Waals surface area contributed by atoms with E-state index in [0.717, 1.165) is 92.6 Å². The van der Waals surface area contributed by atoms with Gasteiger partial charge in [0.2, 0.25) is 23.7 Å². The Balaban J connectivity index is 0.822. The molecule has 1 aromatic carbocycles. The van der Waals surface area contributed by atoms with Crippen molar-refractivity contribution < 1.29 is 18.8 Å². The Labute approximate surface area is 300 Å². The molecule has 1 aliphatic carbocycles. The van der Waals surface area contributed by atoms with Crippen molar-refractivity contribution in [2.24, 2.45) is 5.41 Å². The van der Waals surface area contributed by atoms with Gasteiger partial charge < -0.3 is 29.0 Å². The van der Waals surface area contributed by atoms with Gasteiger partial charge >= 0.3 is 0 Å². The molecular weight excluding hydrogens is 660 g/mol. The van der Waals surface area contributed by atoms with E-state index in [0.29, 0.717) is 41.8 Å². The number of pyridine rings is 1. The van der Waals surface area contributed by atoms with Gasteiger partial charge in [-0.15, -0.1) is 0 Å². The Morgan fingerprint density at radius 1 is 0.942 bits per heavy atom. The van der Waals surface area contributed by atoms with Gasteiger partial charge in [0.15, 0.2) is 5.58 Å². The van der Waals surface area contributed by atoms with Crippen LogP contribution in [0.25, 0.3) is 22.1 Å². The number of oxazole rings is 1. The average molecular weight is 703 g/mol. The molecule has 3 aliphatic heterocycles. The lowest BCUT2D eigenvalue weighted by molar-refractivity contribution is -0.134. The Morgan fingerprint density at radius 2 is 1.73 bits per heavy atom. The Morgan fingerprint density at radius 3 is 2.46 bits per heavy atom. The van der Waals surface area contributed by atoms with Crippen LogP contribution in [0.4, 0.5) is 23.1 Å². The highest BCUT2D eigenvalue weighted by molar-refractivity contribution is 6.01. The summed E-state index contributed by atoms with van der Waals surface area (Å²) in [7, 11) is 3.56. The van der Waals surface area contributed by atoms with Gasteiger partial charge in [0.1, 0.15) is 28.6 Å². The third-order valence-electron chi connectivity index (χ3n) is 11.4. The third kappa shape index (κ3) is 5.79. The predicted molar refractivity (Wildman–Crippen MR) is 196 cm³/mol. The van der Waals surface area contributed by atoms with Crippen LogP contribution in [0.15, 0.2) is 53.2 Å². The first-order valence-corrected chi connectivity index (χ1v) is 18.3. The monoisotopic (exact) mass is 702 g/mol. The van der Waals surface area contributed by atoms with Gasteiger partial charge in [-0.2, -0.15) is 4.98 Å². The van der Waals surface area contributed by atoms with Gasteiger partial charge in [0.05, 0.1) is 11.9 Å². The van der Waals surface area contributed by atoms with E-state index in [1.807, 2.05) is 30.5 Å². The molecule has 52 heavy (non-hydrogen) atoms. The average Bonchev–Trinajstić information content (AvgIpc) is 3.89. The molecule has 268 valence electrons. The number of nitrogens with one attached hydrogen (secondary N) is 2. The molecule has 0 unspecified atom stereocenters. The van der Waals surface area contributed by atoms with Crippen LogP contribution >= 0.6 is 0 Å². The maximum atomic E-state index is 13.1. The predicted octanol–water partition coefficient (Wildman–Crippen LogP) is 5.16. The Bertz CT molecular complexity index is 2190. The normalized spacial score (nSPS) is 20.5. The number of anilines is 4. The molecule has 4 aliphatic rings. The number of benzene rings is 1. The molecule has 1 saturated carbocycles. The summed E-state index contributed by atoms with van der Waals surface area (Å²) in [6.07, 6.45) is 11.0. The largest absolute Gasteiger partial charge is 0.440 e. The minimum Gasteiger partial charge on any atom is -0.440 e. The number of fused-ring (bicyclic) bond motifs is 2. The molecule has 9 rings (SSSR count). The lowest BCUT2D eigenvalue weighted by Gasteiger charge is -2.55. The second kappa shape index (κ2) is 12.6. The number of aromatic nitrogens is 5. The van der Waals surface area contributed by atoms with Gasteiger partial charge in [-0.05, 0) is 62.4 Å². The zero-order valence-electron chi connectivity index (χ0n) is 29.5. The maximum Gasteiger partial charge on any atom is 0.270 e. The molecule has 3 saturated heterocycles. The van der Waals surface area contributed by atoms with Gasteiger partial charge in [0.25, 0.3) is 5.91 Å². The fraction of sp³-hybridized carbons (Fsp3) is 0.447. The van der Waals surface area contributed by atoms with Crippen molar-refractivity contribution in [1.82, 2.24) is 34.7 Å². The molecule has 0 radical (unpaired) electrons. The van der Waals surface area contributed by atoms with E-state index in [4.69, 9.17) is 14.4 Å². The zero-order valence-corrected chi connectivity index (χ0v) is 29.5. The van der Waals surface area contributed by atoms with Gasteiger partial charge in [-0.1, -0.05) is 12.8 Å². The number of carbonyl (C=O) groups is 3. The van der Waals surface area contributed by atoms with Crippen molar-refractivity contribution in [2.45, 2.75) is 63.3 Å². The van der Waals surface area contributed by atoms with Crippen LogP contribution in [0.3, 0.4) is 0 Å². The van der Waals surface area contributed by atoms with Crippen molar-refractivity contribution in [3.63, 3.8) is 0 Å². The number of imide groups is 1. The summed E-state index contributed by atoms with van der Waals surface area (Å²) < 4.78 is 8.14. The molecule has 14 heteroatoms. The molecule has 14 nitrogen and oxygen atoms in total. The van der Waals surface area contributed by atoms with E-state index in [1.54, 1.807) is 25.2 Å². The van der Waals surface area contributed by atoms with Crippen molar-refractivity contribution in [2.75, 3.05) is 55.4 Å². The van der Waals surface area contributed by atoms with Gasteiger partial charge in [0, 0.05) is 81.5 Å². The summed E-state index contributed by atoms with van der Waals surface area (Å²) in [5.74, 6) is 0.349. The van der Waals surface area contributed by atoms with Crippen LogP contribution in [0, 0.1) is 5.41 Å². The van der Waals surface area contributed by atoms with Gasteiger partial charge in [-0.3, -0.25) is 19.7 Å². The van der Waals surface area contributed by atoms with E-state index < -0.39 is 5.92 Å². The van der Waals surface area contributed by atoms with E-state index in [1.165, 1.54) is 0 Å². The number of piperidine rings is 2. The van der Waals surface area contributed by atoms with Crippen molar-refractivity contribution in [3.8, 4) is 0 Å². The first-order valence-electron chi connectivity index (χ1n) is 18.3. The summed E-state index contributed by atoms with van der Waals surface area (Å²) in [6.45, 7) is 3.90. The Kier molecular flexibility index (Phi) is 7.85. The highest BCUT2D eigenvalue weighted by Crippen LogP contribution is 2.44. The fourth-order valence-electron chi connectivity index (χ4n) is 8.46. The summed E-state index contributed by atoms with van der Waals surface area (Å²) in [5, 5.41) is 6.53. The first-order chi connectivity index (χ1) is 25.2. The summed E-state index contributed by atoms with van der Waals surface area (Å²) in [6, 6.07) is 12.3. The SMILES string of the molecule is CN(C)C(=O)c1cc2cnc(Nc3ccc(N4CCC5(CC4)CN(c4ccc6nc([C@@H]7CCC(=O)NC7=O)oc6c4)C5)cn3)nc2n1C1CCCC1. The highest BCUT2D eigenvalue weighted by Gasteiger charge is 2.45. The molecule has 1 spiro atoms.